The summed E-state index contributed by atoms with van der Waals surface area (Å²) in [5.41, 5.74) is 5.01. The van der Waals surface area contributed by atoms with Gasteiger partial charge in [0.05, 0.1) is 30.9 Å². The van der Waals surface area contributed by atoms with Crippen LogP contribution in [-0.2, 0) is 19.1 Å². The summed E-state index contributed by atoms with van der Waals surface area (Å²) < 4.78 is 12.8. The van der Waals surface area contributed by atoms with Gasteiger partial charge in [-0.25, -0.2) is 4.79 Å². The van der Waals surface area contributed by atoms with E-state index in [4.69, 9.17) is 21.1 Å². The summed E-state index contributed by atoms with van der Waals surface area (Å²) in [5.74, 6) is -0.716. The fourth-order valence-corrected chi connectivity index (χ4v) is 4.73. The summed E-state index contributed by atoms with van der Waals surface area (Å²) in [6.07, 6.45) is 3.67. The van der Waals surface area contributed by atoms with E-state index in [1.165, 1.54) is 7.11 Å². The Kier molecular flexibility index (Phi) is 6.26. The predicted octanol–water partition coefficient (Wildman–Crippen LogP) is 4.60. The predicted molar refractivity (Wildman–Crippen MR) is 124 cm³/mol. The van der Waals surface area contributed by atoms with Crippen molar-refractivity contribution >= 4 is 29.6 Å². The third kappa shape index (κ3) is 4.00. The Morgan fingerprint density at radius 3 is 2.72 bits per heavy atom. The summed E-state index contributed by atoms with van der Waals surface area (Å²) in [5, 5.41) is 0.650. The molecule has 0 aliphatic carbocycles. The number of aromatic nitrogens is 1. The third-order valence-corrected chi connectivity index (χ3v) is 6.38. The number of amides is 1. The van der Waals surface area contributed by atoms with Gasteiger partial charge in [-0.2, -0.15) is 0 Å². The van der Waals surface area contributed by atoms with E-state index in [1.807, 2.05) is 44.2 Å². The van der Waals surface area contributed by atoms with Crippen LogP contribution in [0.25, 0.3) is 11.8 Å². The smallest absolute Gasteiger partial charge is 0.340 e. The number of carbonyl (C=O) groups is 2. The monoisotopic (exact) mass is 454 g/mol. The van der Waals surface area contributed by atoms with E-state index in [0.29, 0.717) is 35.0 Å². The topological polar surface area (TPSA) is 60.8 Å². The Morgan fingerprint density at radius 1 is 1.28 bits per heavy atom. The number of allylic oxidation sites excluding steroid dienone is 1. The van der Waals surface area contributed by atoms with E-state index in [-0.39, 0.29) is 12.0 Å². The average Bonchev–Trinajstić information content (AvgIpc) is 3.43. The number of hydrogen-bond acceptors (Lipinski definition) is 4. The van der Waals surface area contributed by atoms with Crippen LogP contribution < -0.4 is 0 Å². The first-order valence-corrected chi connectivity index (χ1v) is 11.1. The van der Waals surface area contributed by atoms with Gasteiger partial charge in [0.15, 0.2) is 0 Å². The number of carbonyl (C=O) groups excluding carboxylic acids is 2. The molecule has 1 unspecified atom stereocenters. The van der Waals surface area contributed by atoms with E-state index >= 15 is 0 Å². The Bertz CT molecular complexity index is 1140. The number of esters is 1. The highest BCUT2D eigenvalue weighted by atomic mass is 35.5. The van der Waals surface area contributed by atoms with Crippen molar-refractivity contribution in [2.75, 3.05) is 20.3 Å². The van der Waals surface area contributed by atoms with Gasteiger partial charge in [-0.15, -0.1) is 0 Å². The van der Waals surface area contributed by atoms with E-state index in [9.17, 15) is 9.59 Å². The number of ether oxygens (including phenoxy) is 2. The van der Waals surface area contributed by atoms with Gasteiger partial charge in [0, 0.05) is 34.4 Å². The molecule has 4 rings (SSSR count). The minimum atomic E-state index is -0.513. The lowest BCUT2D eigenvalue weighted by molar-refractivity contribution is -0.136. The van der Waals surface area contributed by atoms with Gasteiger partial charge >= 0.3 is 5.97 Å². The van der Waals surface area contributed by atoms with Gasteiger partial charge in [-0.05, 0) is 69.5 Å². The first-order valence-electron chi connectivity index (χ1n) is 10.7. The number of benzene rings is 1. The molecule has 1 aromatic carbocycles. The molecule has 6 nitrogen and oxygen atoms in total. The van der Waals surface area contributed by atoms with E-state index in [0.717, 1.165) is 35.5 Å². The quantitative estimate of drug-likeness (QED) is 0.489. The van der Waals surface area contributed by atoms with Crippen molar-refractivity contribution < 1.29 is 19.1 Å². The number of rotatable bonds is 5. The molecule has 2 aromatic rings. The van der Waals surface area contributed by atoms with Crippen LogP contribution in [0.2, 0.25) is 5.02 Å². The Morgan fingerprint density at radius 2 is 2.06 bits per heavy atom. The first-order chi connectivity index (χ1) is 15.3. The maximum atomic E-state index is 13.4. The summed E-state index contributed by atoms with van der Waals surface area (Å²) >= 11 is 6.19. The van der Waals surface area contributed by atoms with Crippen LogP contribution in [-0.4, -0.2) is 47.7 Å². The lowest BCUT2D eigenvalue weighted by atomic mass is 10.0. The van der Waals surface area contributed by atoms with Gasteiger partial charge in [-0.3, -0.25) is 4.79 Å². The molecular formula is C25H27ClN2O4. The molecule has 1 aromatic heterocycles. The number of nitrogens with zero attached hydrogens (tertiary/aromatic N) is 2. The molecule has 3 heterocycles. The van der Waals surface area contributed by atoms with Gasteiger partial charge in [0.25, 0.3) is 5.91 Å². The Hall–Kier alpha value is -2.83. The maximum absolute atomic E-state index is 13.4. The fraction of sp³-hybridized carbons (Fsp3) is 0.360. The van der Waals surface area contributed by atoms with Crippen LogP contribution in [0.4, 0.5) is 0 Å². The van der Waals surface area contributed by atoms with Crippen molar-refractivity contribution in [3.05, 3.63) is 69.1 Å². The minimum Gasteiger partial charge on any atom is -0.465 e. The minimum absolute atomic E-state index is 0.0139. The molecule has 1 amide bonds. The lowest BCUT2D eigenvalue weighted by Crippen LogP contribution is -2.33. The zero-order valence-corrected chi connectivity index (χ0v) is 19.5. The zero-order chi connectivity index (χ0) is 23.0. The third-order valence-electron chi connectivity index (χ3n) is 6.15. The second kappa shape index (κ2) is 8.96. The number of hydrogen-bond donors (Lipinski definition) is 0. The fourth-order valence-electron chi connectivity index (χ4n) is 4.54. The summed E-state index contributed by atoms with van der Waals surface area (Å²) in [7, 11) is 1.33. The summed E-state index contributed by atoms with van der Waals surface area (Å²) in [6, 6.07) is 9.62. The van der Waals surface area contributed by atoms with Crippen molar-refractivity contribution in [2.45, 2.75) is 39.7 Å². The molecule has 0 spiro atoms. The first kappa shape index (κ1) is 22.4. The standard InChI is InChI=1S/C25H27ClN2O4/c1-15-11-18(16(2)28(15)20-8-5-7-19(26)13-20)12-22-23(25(30)31-4)17(3)27(24(22)29)14-21-9-6-10-32-21/h5,7-8,11-13,21H,6,9-10,14H2,1-4H3/b22-12-. The highest BCUT2D eigenvalue weighted by Gasteiger charge is 2.38. The lowest BCUT2D eigenvalue weighted by Gasteiger charge is -2.21. The molecule has 32 heavy (non-hydrogen) atoms. The van der Waals surface area contributed by atoms with Gasteiger partial charge in [0.1, 0.15) is 0 Å². The van der Waals surface area contributed by atoms with Gasteiger partial charge in [0.2, 0.25) is 0 Å². The van der Waals surface area contributed by atoms with Crippen molar-refractivity contribution in [3.63, 3.8) is 0 Å². The molecule has 2 aliphatic rings. The molecule has 1 atom stereocenters. The molecule has 0 radical (unpaired) electrons. The van der Waals surface area contributed by atoms with Crippen LogP contribution >= 0.6 is 11.6 Å². The molecule has 1 saturated heterocycles. The molecule has 0 saturated carbocycles. The average molecular weight is 455 g/mol. The number of aryl methyl sites for hydroxylation is 1. The van der Waals surface area contributed by atoms with E-state index in [2.05, 4.69) is 4.57 Å². The highest BCUT2D eigenvalue weighted by Crippen LogP contribution is 2.34. The van der Waals surface area contributed by atoms with Gasteiger partial charge < -0.3 is 18.9 Å². The Balaban J connectivity index is 1.76. The second-order valence-corrected chi connectivity index (χ2v) is 8.64. The normalized spacial score (nSPS) is 20.0. The molecule has 2 aliphatic heterocycles. The van der Waals surface area contributed by atoms with Crippen LogP contribution in [0.1, 0.15) is 36.7 Å². The zero-order valence-electron chi connectivity index (χ0n) is 18.8. The van der Waals surface area contributed by atoms with Crippen molar-refractivity contribution in [2.24, 2.45) is 0 Å². The largest absolute Gasteiger partial charge is 0.465 e. The summed E-state index contributed by atoms with van der Waals surface area (Å²) in [6.45, 7) is 6.91. The number of methoxy groups -OCH3 is 1. The second-order valence-electron chi connectivity index (χ2n) is 8.20. The van der Waals surface area contributed by atoms with E-state index < -0.39 is 5.97 Å². The molecular weight excluding hydrogens is 428 g/mol. The van der Waals surface area contributed by atoms with Crippen molar-refractivity contribution in [1.82, 2.24) is 9.47 Å². The van der Waals surface area contributed by atoms with Crippen LogP contribution in [0.3, 0.4) is 0 Å². The molecule has 1 fully saturated rings. The highest BCUT2D eigenvalue weighted by molar-refractivity contribution is 6.30. The number of halogens is 1. The van der Waals surface area contributed by atoms with Crippen LogP contribution in [0.15, 0.2) is 47.2 Å². The molecule has 7 heteroatoms. The SMILES string of the molecule is COC(=O)C1=C(C)N(CC2CCCO2)C(=O)/C1=C\c1cc(C)n(-c2cccc(Cl)c2)c1C. The van der Waals surface area contributed by atoms with Crippen molar-refractivity contribution in [3.8, 4) is 5.69 Å². The van der Waals surface area contributed by atoms with Crippen LogP contribution in [0.5, 0.6) is 0 Å². The van der Waals surface area contributed by atoms with Crippen LogP contribution in [0, 0.1) is 13.8 Å². The maximum Gasteiger partial charge on any atom is 0.340 e. The Labute approximate surface area is 193 Å². The van der Waals surface area contributed by atoms with E-state index in [1.54, 1.807) is 17.9 Å². The van der Waals surface area contributed by atoms with Crippen molar-refractivity contribution in [1.29, 1.82) is 0 Å². The molecule has 0 N–H and O–H groups in total. The molecule has 0 bridgehead atoms. The molecule has 168 valence electrons. The summed E-state index contributed by atoms with van der Waals surface area (Å²) in [4.78, 5) is 27.6. The van der Waals surface area contributed by atoms with Gasteiger partial charge in [-0.1, -0.05) is 17.7 Å².